The fourth-order valence-electron chi connectivity index (χ4n) is 3.01. The lowest BCUT2D eigenvalue weighted by Gasteiger charge is -2.09. The molecule has 7 nitrogen and oxygen atoms in total. The predicted octanol–water partition coefficient (Wildman–Crippen LogP) is 2.90. The maximum atomic E-state index is 12.6. The van der Waals surface area contributed by atoms with E-state index >= 15 is 0 Å². The van der Waals surface area contributed by atoms with Crippen molar-refractivity contribution in [2.75, 3.05) is 5.32 Å². The van der Waals surface area contributed by atoms with E-state index in [-0.39, 0.29) is 12.5 Å². The van der Waals surface area contributed by atoms with E-state index in [0.717, 1.165) is 22.4 Å². The Morgan fingerprint density at radius 1 is 1.22 bits per heavy atom. The Bertz CT molecular complexity index is 1230. The molecule has 0 aliphatic rings. The van der Waals surface area contributed by atoms with Crippen molar-refractivity contribution in [3.05, 3.63) is 69.9 Å². The summed E-state index contributed by atoms with van der Waals surface area (Å²) in [6.07, 6.45) is 2.19. The molecule has 0 saturated carbocycles. The number of nitrogens with one attached hydrogen (secondary N) is 1. The number of fused-ring (bicyclic) bond motifs is 3. The van der Waals surface area contributed by atoms with Crippen LogP contribution in [-0.4, -0.2) is 25.1 Å². The molecule has 0 atom stereocenters. The van der Waals surface area contributed by atoms with Crippen LogP contribution >= 0.6 is 11.6 Å². The summed E-state index contributed by atoms with van der Waals surface area (Å²) in [6, 6.07) is 12.7. The van der Waals surface area contributed by atoms with Crippen LogP contribution in [0.5, 0.6) is 0 Å². The van der Waals surface area contributed by atoms with Crippen LogP contribution in [0.15, 0.2) is 53.6 Å². The van der Waals surface area contributed by atoms with Crippen molar-refractivity contribution in [1.29, 1.82) is 0 Å². The molecule has 0 saturated heterocycles. The molecule has 0 radical (unpaired) electrons. The standard InChI is InChI=1S/C19H16ClN5O2/c1-2-12-5-3-4-6-15(12)22-17(26)10-25-19(27)24-11-21-16-9-13(20)7-8-14(16)18(24)23-25/h3-9,11H,2,10H2,1H3,(H,22,26). The van der Waals surface area contributed by atoms with Gasteiger partial charge in [-0.15, -0.1) is 5.10 Å². The Morgan fingerprint density at radius 3 is 2.85 bits per heavy atom. The number of halogens is 1. The molecule has 27 heavy (non-hydrogen) atoms. The molecular weight excluding hydrogens is 366 g/mol. The zero-order chi connectivity index (χ0) is 19.0. The van der Waals surface area contributed by atoms with Crippen LogP contribution in [0.3, 0.4) is 0 Å². The summed E-state index contributed by atoms with van der Waals surface area (Å²) in [4.78, 5) is 29.2. The van der Waals surface area contributed by atoms with Gasteiger partial charge in [0.15, 0.2) is 5.65 Å². The van der Waals surface area contributed by atoms with E-state index in [1.807, 2.05) is 31.2 Å². The van der Waals surface area contributed by atoms with Gasteiger partial charge in [0, 0.05) is 16.1 Å². The Labute approximate surface area is 159 Å². The van der Waals surface area contributed by atoms with E-state index in [1.165, 1.54) is 10.7 Å². The summed E-state index contributed by atoms with van der Waals surface area (Å²) in [5.41, 5.74) is 2.41. The highest BCUT2D eigenvalue weighted by molar-refractivity contribution is 6.31. The Balaban J connectivity index is 1.68. The summed E-state index contributed by atoms with van der Waals surface area (Å²) >= 11 is 5.99. The summed E-state index contributed by atoms with van der Waals surface area (Å²) in [6.45, 7) is 1.83. The second-order valence-corrected chi connectivity index (χ2v) is 6.54. The van der Waals surface area contributed by atoms with Crippen molar-refractivity contribution >= 4 is 39.7 Å². The van der Waals surface area contributed by atoms with Crippen LogP contribution < -0.4 is 11.0 Å². The van der Waals surface area contributed by atoms with Gasteiger partial charge in [-0.2, -0.15) is 0 Å². The minimum Gasteiger partial charge on any atom is -0.324 e. The fraction of sp³-hybridized carbons (Fsp3) is 0.158. The van der Waals surface area contributed by atoms with Crippen LogP contribution in [-0.2, 0) is 17.8 Å². The topological polar surface area (TPSA) is 81.3 Å². The minimum atomic E-state index is -0.423. The van der Waals surface area contributed by atoms with E-state index in [1.54, 1.807) is 18.2 Å². The molecule has 136 valence electrons. The third-order valence-electron chi connectivity index (χ3n) is 4.35. The highest BCUT2D eigenvalue weighted by Crippen LogP contribution is 2.20. The number of hydrogen-bond donors (Lipinski definition) is 1. The first-order chi connectivity index (χ1) is 13.1. The molecular formula is C19H16ClN5O2. The highest BCUT2D eigenvalue weighted by atomic mass is 35.5. The van der Waals surface area contributed by atoms with Gasteiger partial charge in [-0.25, -0.2) is 18.9 Å². The van der Waals surface area contributed by atoms with Gasteiger partial charge in [-0.05, 0) is 36.2 Å². The number of benzene rings is 2. The molecule has 1 amide bonds. The van der Waals surface area contributed by atoms with Gasteiger partial charge in [-0.1, -0.05) is 36.7 Å². The number of hydrogen-bond acceptors (Lipinski definition) is 4. The van der Waals surface area contributed by atoms with Crippen LogP contribution in [0.2, 0.25) is 5.02 Å². The first-order valence-corrected chi connectivity index (χ1v) is 8.86. The van der Waals surface area contributed by atoms with E-state index in [4.69, 9.17) is 11.6 Å². The van der Waals surface area contributed by atoms with Gasteiger partial charge < -0.3 is 5.32 Å². The zero-order valence-corrected chi connectivity index (χ0v) is 15.3. The molecule has 8 heteroatoms. The second kappa shape index (κ2) is 6.85. The number of rotatable bonds is 4. The van der Waals surface area contributed by atoms with Crippen molar-refractivity contribution in [3.63, 3.8) is 0 Å². The van der Waals surface area contributed by atoms with E-state index in [2.05, 4.69) is 15.4 Å². The lowest BCUT2D eigenvalue weighted by Crippen LogP contribution is -2.28. The van der Waals surface area contributed by atoms with Crippen molar-refractivity contribution in [2.45, 2.75) is 19.9 Å². The van der Waals surface area contributed by atoms with E-state index in [0.29, 0.717) is 21.6 Å². The number of nitrogens with zero attached hydrogens (tertiary/aromatic N) is 4. The summed E-state index contributed by atoms with van der Waals surface area (Å²) < 4.78 is 2.46. The molecule has 4 rings (SSSR count). The predicted molar refractivity (Wildman–Crippen MR) is 104 cm³/mol. The van der Waals surface area contributed by atoms with Gasteiger partial charge in [0.05, 0.1) is 5.52 Å². The number of carbonyl (C=O) groups is 1. The van der Waals surface area contributed by atoms with Crippen LogP contribution in [0.4, 0.5) is 5.69 Å². The summed E-state index contributed by atoms with van der Waals surface area (Å²) in [7, 11) is 0. The number of para-hydroxylation sites is 1. The van der Waals surface area contributed by atoms with Crippen LogP contribution in [0.1, 0.15) is 12.5 Å². The normalized spacial score (nSPS) is 11.2. The molecule has 0 fully saturated rings. The SMILES string of the molecule is CCc1ccccc1NC(=O)Cn1nc2c3ccc(Cl)cc3ncn2c1=O. The van der Waals surface area contributed by atoms with E-state index in [9.17, 15) is 9.59 Å². The number of carbonyl (C=O) groups excluding carboxylic acids is 1. The third kappa shape index (κ3) is 3.17. The first kappa shape index (κ1) is 17.2. The number of aryl methyl sites for hydroxylation is 1. The Kier molecular flexibility index (Phi) is 4.37. The van der Waals surface area contributed by atoms with Crippen molar-refractivity contribution in [1.82, 2.24) is 19.2 Å². The first-order valence-electron chi connectivity index (χ1n) is 8.48. The third-order valence-corrected chi connectivity index (χ3v) is 4.58. The molecule has 2 aromatic heterocycles. The summed E-state index contributed by atoms with van der Waals surface area (Å²) in [5.74, 6) is -0.318. The number of anilines is 1. The van der Waals surface area contributed by atoms with Gasteiger partial charge in [-0.3, -0.25) is 4.79 Å². The molecule has 0 aliphatic carbocycles. The second-order valence-electron chi connectivity index (χ2n) is 6.10. The quantitative estimate of drug-likeness (QED) is 0.589. The molecule has 0 aliphatic heterocycles. The number of amides is 1. The van der Waals surface area contributed by atoms with Crippen molar-refractivity contribution in [2.24, 2.45) is 0 Å². The highest BCUT2D eigenvalue weighted by Gasteiger charge is 2.14. The molecule has 2 aromatic carbocycles. The molecule has 0 spiro atoms. The van der Waals surface area contributed by atoms with Gasteiger partial charge in [0.2, 0.25) is 5.91 Å². The average molecular weight is 382 g/mol. The average Bonchev–Trinajstić information content (AvgIpc) is 2.97. The van der Waals surface area contributed by atoms with E-state index < -0.39 is 5.69 Å². The largest absolute Gasteiger partial charge is 0.352 e. The van der Waals surface area contributed by atoms with Crippen molar-refractivity contribution < 1.29 is 4.79 Å². The van der Waals surface area contributed by atoms with Crippen LogP contribution in [0, 0.1) is 0 Å². The molecule has 2 heterocycles. The van der Waals surface area contributed by atoms with Gasteiger partial charge in [0.25, 0.3) is 0 Å². The minimum absolute atomic E-state index is 0.187. The maximum Gasteiger partial charge on any atom is 0.352 e. The Hall–Kier alpha value is -3.19. The maximum absolute atomic E-state index is 12.6. The zero-order valence-electron chi connectivity index (χ0n) is 14.5. The molecule has 1 N–H and O–H groups in total. The summed E-state index contributed by atoms with van der Waals surface area (Å²) in [5, 5.41) is 8.40. The van der Waals surface area contributed by atoms with Crippen LogP contribution in [0.25, 0.3) is 16.6 Å². The monoisotopic (exact) mass is 381 g/mol. The number of aromatic nitrogens is 4. The molecule has 4 aromatic rings. The smallest absolute Gasteiger partial charge is 0.324 e. The molecule has 0 unspecified atom stereocenters. The lowest BCUT2D eigenvalue weighted by atomic mass is 10.1. The van der Waals surface area contributed by atoms with Crippen molar-refractivity contribution in [3.8, 4) is 0 Å². The Morgan fingerprint density at radius 2 is 2.04 bits per heavy atom. The molecule has 0 bridgehead atoms. The fourth-order valence-corrected chi connectivity index (χ4v) is 3.17. The lowest BCUT2D eigenvalue weighted by molar-refractivity contribution is -0.117. The van der Waals surface area contributed by atoms with Gasteiger partial charge in [0.1, 0.15) is 12.9 Å². The van der Waals surface area contributed by atoms with Gasteiger partial charge >= 0.3 is 5.69 Å².